The molecule has 0 amide bonds. The van der Waals surface area contributed by atoms with E-state index < -0.39 is 0 Å². The van der Waals surface area contributed by atoms with Gasteiger partial charge in [0, 0.05) is 19.0 Å². The van der Waals surface area contributed by atoms with Crippen molar-refractivity contribution in [2.75, 3.05) is 13.7 Å². The molecule has 0 atom stereocenters. The van der Waals surface area contributed by atoms with Crippen LogP contribution in [0.5, 0.6) is 5.75 Å². The normalized spacial score (nSPS) is 10.7. The number of aromatic nitrogens is 2. The Bertz CT molecular complexity index is 552. The third-order valence-electron chi connectivity index (χ3n) is 2.87. The molecule has 18 heavy (non-hydrogen) atoms. The summed E-state index contributed by atoms with van der Waals surface area (Å²) < 4.78 is 8.11. The minimum atomic E-state index is 0.108. The summed E-state index contributed by atoms with van der Waals surface area (Å²) in [5, 5.41) is 8.96. The Morgan fingerprint density at radius 3 is 2.83 bits per heavy atom. The van der Waals surface area contributed by atoms with Crippen molar-refractivity contribution in [1.82, 2.24) is 9.55 Å². The number of methoxy groups -OCH3 is 1. The smallest absolute Gasteiger partial charge is 0.133 e. The number of hydrogen-bond acceptors (Lipinski definition) is 3. The highest BCUT2D eigenvalue weighted by Gasteiger charge is 2.10. The fourth-order valence-electron chi connectivity index (χ4n) is 1.87. The van der Waals surface area contributed by atoms with Crippen LogP contribution in [0.25, 0.3) is 11.3 Å². The minimum Gasteiger partial charge on any atom is -0.496 e. The lowest BCUT2D eigenvalue weighted by molar-refractivity contribution is 0.295. The van der Waals surface area contributed by atoms with Crippen molar-refractivity contribution in [3.63, 3.8) is 0 Å². The predicted molar refractivity (Wildman–Crippen MR) is 73.7 cm³/mol. The number of benzene rings is 1. The molecule has 5 heteroatoms. The van der Waals surface area contributed by atoms with Crippen LogP contribution >= 0.6 is 15.9 Å². The molecule has 0 aliphatic carbocycles. The number of imidazole rings is 1. The average molecular weight is 311 g/mol. The van der Waals surface area contributed by atoms with Gasteiger partial charge in [-0.25, -0.2) is 4.98 Å². The maximum atomic E-state index is 8.96. The van der Waals surface area contributed by atoms with E-state index in [4.69, 9.17) is 9.84 Å². The highest BCUT2D eigenvalue weighted by molar-refractivity contribution is 9.10. The molecule has 0 bridgehead atoms. The predicted octanol–water partition coefficient (Wildman–Crippen LogP) is 2.39. The van der Waals surface area contributed by atoms with Gasteiger partial charge in [-0.2, -0.15) is 0 Å². The zero-order valence-electron chi connectivity index (χ0n) is 10.4. The lowest BCUT2D eigenvalue weighted by Gasteiger charge is -2.08. The zero-order valence-corrected chi connectivity index (χ0v) is 11.9. The topological polar surface area (TPSA) is 47.3 Å². The van der Waals surface area contributed by atoms with Crippen LogP contribution in [0.1, 0.15) is 5.82 Å². The maximum Gasteiger partial charge on any atom is 0.133 e. The Morgan fingerprint density at radius 2 is 2.22 bits per heavy atom. The van der Waals surface area contributed by atoms with Crippen LogP contribution in [0.2, 0.25) is 0 Å². The monoisotopic (exact) mass is 310 g/mol. The van der Waals surface area contributed by atoms with Crippen LogP contribution in [0, 0.1) is 0 Å². The van der Waals surface area contributed by atoms with Crippen LogP contribution < -0.4 is 4.74 Å². The van der Waals surface area contributed by atoms with Crippen molar-refractivity contribution in [3.8, 4) is 17.0 Å². The quantitative estimate of drug-likeness (QED) is 0.943. The number of aliphatic hydroxyl groups is 1. The van der Waals surface area contributed by atoms with Gasteiger partial charge >= 0.3 is 0 Å². The first-order valence-corrected chi connectivity index (χ1v) is 6.42. The first kappa shape index (κ1) is 13.1. The molecule has 0 fully saturated rings. The third kappa shape index (κ3) is 2.42. The fraction of sp³-hybridized carbons (Fsp3) is 0.308. The molecule has 0 aliphatic rings. The molecule has 0 aliphatic heterocycles. The summed E-state index contributed by atoms with van der Waals surface area (Å²) in [5.41, 5.74) is 2.07. The molecule has 0 saturated carbocycles. The Morgan fingerprint density at radius 1 is 1.44 bits per heavy atom. The number of nitrogens with zero attached hydrogens (tertiary/aromatic N) is 2. The van der Waals surface area contributed by atoms with E-state index in [-0.39, 0.29) is 6.61 Å². The molecule has 1 heterocycles. The molecular formula is C13H15BrN2O2. The number of hydrogen-bond donors (Lipinski definition) is 1. The Balaban J connectivity index is 2.39. The summed E-state index contributed by atoms with van der Waals surface area (Å²) in [6.45, 7) is 0.108. The van der Waals surface area contributed by atoms with Gasteiger partial charge in [-0.1, -0.05) is 0 Å². The van der Waals surface area contributed by atoms with Gasteiger partial charge in [0.1, 0.15) is 11.6 Å². The molecule has 4 nitrogen and oxygen atoms in total. The first-order valence-electron chi connectivity index (χ1n) is 5.62. The van der Waals surface area contributed by atoms with Crippen LogP contribution in [0.4, 0.5) is 0 Å². The second-order valence-electron chi connectivity index (χ2n) is 3.94. The van der Waals surface area contributed by atoms with Gasteiger partial charge in [0.25, 0.3) is 0 Å². The highest BCUT2D eigenvalue weighted by Crippen LogP contribution is 2.30. The Kier molecular flexibility index (Phi) is 4.04. The second-order valence-corrected chi connectivity index (χ2v) is 4.80. The SMILES string of the molecule is COc1ccc(-c2cnc(CCO)n2C)cc1Br. The molecule has 2 aromatic rings. The van der Waals surface area contributed by atoms with Gasteiger partial charge in [0.05, 0.1) is 30.1 Å². The van der Waals surface area contributed by atoms with Crippen LogP contribution in [-0.2, 0) is 13.5 Å². The maximum absolute atomic E-state index is 8.96. The van der Waals surface area contributed by atoms with Crippen molar-refractivity contribution in [1.29, 1.82) is 0 Å². The molecule has 0 unspecified atom stereocenters. The van der Waals surface area contributed by atoms with Gasteiger partial charge in [0.2, 0.25) is 0 Å². The standard InChI is InChI=1S/C13H15BrN2O2/c1-16-11(8-15-13(16)5-6-17)9-3-4-12(18-2)10(14)7-9/h3-4,7-8,17H,5-6H2,1-2H3. The summed E-state index contributed by atoms with van der Waals surface area (Å²) in [7, 11) is 3.59. The third-order valence-corrected chi connectivity index (χ3v) is 3.49. The van der Waals surface area contributed by atoms with E-state index in [0.717, 1.165) is 27.3 Å². The van der Waals surface area contributed by atoms with E-state index in [0.29, 0.717) is 6.42 Å². The number of aliphatic hydroxyl groups excluding tert-OH is 1. The summed E-state index contributed by atoms with van der Waals surface area (Å²) in [6, 6.07) is 5.90. The van der Waals surface area contributed by atoms with Gasteiger partial charge in [-0.3, -0.25) is 0 Å². The van der Waals surface area contributed by atoms with Gasteiger partial charge in [-0.15, -0.1) is 0 Å². The van der Waals surface area contributed by atoms with E-state index in [2.05, 4.69) is 20.9 Å². The summed E-state index contributed by atoms with van der Waals surface area (Å²) >= 11 is 3.47. The van der Waals surface area contributed by atoms with Crippen molar-refractivity contribution in [2.24, 2.45) is 7.05 Å². The molecule has 0 saturated heterocycles. The summed E-state index contributed by atoms with van der Waals surface area (Å²) in [4.78, 5) is 4.31. The van der Waals surface area contributed by atoms with Crippen molar-refractivity contribution >= 4 is 15.9 Å². The fourth-order valence-corrected chi connectivity index (χ4v) is 2.41. The molecule has 0 radical (unpaired) electrons. The average Bonchev–Trinajstić information content (AvgIpc) is 2.72. The molecule has 1 aromatic heterocycles. The van der Waals surface area contributed by atoms with Crippen LogP contribution in [-0.4, -0.2) is 28.4 Å². The number of halogens is 1. The highest BCUT2D eigenvalue weighted by atomic mass is 79.9. The molecule has 96 valence electrons. The first-order chi connectivity index (χ1) is 8.67. The van der Waals surface area contributed by atoms with E-state index in [1.165, 1.54) is 0 Å². The molecular weight excluding hydrogens is 296 g/mol. The Hall–Kier alpha value is -1.33. The number of rotatable bonds is 4. The summed E-state index contributed by atoms with van der Waals surface area (Å²) in [5.74, 6) is 1.68. The van der Waals surface area contributed by atoms with E-state index in [1.54, 1.807) is 7.11 Å². The van der Waals surface area contributed by atoms with E-state index in [9.17, 15) is 0 Å². The molecule has 2 rings (SSSR count). The lowest BCUT2D eigenvalue weighted by Crippen LogP contribution is -2.02. The Labute approximate surface area is 114 Å². The lowest BCUT2D eigenvalue weighted by atomic mass is 10.1. The molecule has 1 N–H and O–H groups in total. The molecule has 1 aromatic carbocycles. The van der Waals surface area contributed by atoms with Crippen LogP contribution in [0.15, 0.2) is 28.9 Å². The summed E-state index contributed by atoms with van der Waals surface area (Å²) in [6.07, 6.45) is 2.38. The zero-order chi connectivity index (χ0) is 13.1. The van der Waals surface area contributed by atoms with Crippen molar-refractivity contribution in [2.45, 2.75) is 6.42 Å². The largest absolute Gasteiger partial charge is 0.496 e. The molecule has 0 spiro atoms. The minimum absolute atomic E-state index is 0.108. The van der Waals surface area contributed by atoms with Gasteiger partial charge < -0.3 is 14.4 Å². The van der Waals surface area contributed by atoms with Crippen LogP contribution in [0.3, 0.4) is 0 Å². The number of ether oxygens (including phenoxy) is 1. The van der Waals surface area contributed by atoms with Gasteiger partial charge in [-0.05, 0) is 34.1 Å². The van der Waals surface area contributed by atoms with Gasteiger partial charge in [0.15, 0.2) is 0 Å². The van der Waals surface area contributed by atoms with Crippen molar-refractivity contribution in [3.05, 3.63) is 34.7 Å². The second kappa shape index (κ2) is 5.54. The van der Waals surface area contributed by atoms with Crippen molar-refractivity contribution < 1.29 is 9.84 Å². The van der Waals surface area contributed by atoms with E-state index in [1.807, 2.05) is 36.0 Å². The van der Waals surface area contributed by atoms with E-state index >= 15 is 0 Å².